The van der Waals surface area contributed by atoms with Gasteiger partial charge in [0, 0.05) is 29.4 Å². The summed E-state index contributed by atoms with van der Waals surface area (Å²) >= 11 is 1.84. The lowest BCUT2D eigenvalue weighted by Gasteiger charge is -2.36. The van der Waals surface area contributed by atoms with Gasteiger partial charge in [-0.15, -0.1) is 0 Å². The average Bonchev–Trinajstić information content (AvgIpc) is 3.23. The molecule has 1 atom stereocenters. The van der Waals surface area contributed by atoms with Crippen LogP contribution in [0.3, 0.4) is 0 Å². The van der Waals surface area contributed by atoms with Crippen molar-refractivity contribution in [1.82, 2.24) is 10.2 Å². The van der Waals surface area contributed by atoms with Gasteiger partial charge in [-0.1, -0.05) is 66.8 Å². The minimum absolute atomic E-state index is 0. The Balaban J connectivity index is 0.00000336. The molecule has 0 radical (unpaired) electrons. The van der Waals surface area contributed by atoms with Gasteiger partial charge in [-0.2, -0.15) is 4.57 Å². The number of thiazole rings is 1. The Hall–Kier alpha value is -3.12. The first kappa shape index (κ1) is 27.9. The Kier molecular flexibility index (Phi) is 9.26. The molecule has 38 heavy (non-hydrogen) atoms. The molecule has 1 aliphatic heterocycles. The van der Waals surface area contributed by atoms with Gasteiger partial charge in [0.1, 0.15) is 17.6 Å². The molecule has 0 saturated carbocycles. The molecule has 1 N–H and O–H groups in total. The van der Waals surface area contributed by atoms with Crippen molar-refractivity contribution in [1.29, 1.82) is 0 Å². The zero-order valence-electron chi connectivity index (χ0n) is 22.7. The third-order valence-electron chi connectivity index (χ3n) is 7.06. The molecule has 0 fully saturated rings. The molecule has 0 amide bonds. The molecule has 0 spiro atoms. The second-order valence-electron chi connectivity index (χ2n) is 9.98. The second kappa shape index (κ2) is 12.6. The third kappa shape index (κ3) is 5.96. The molecule has 0 saturated heterocycles. The number of para-hydroxylation sites is 3. The molecule has 1 aliphatic rings. The molecule has 198 valence electrons. The summed E-state index contributed by atoms with van der Waals surface area (Å²) in [7, 11) is 6.46. The summed E-state index contributed by atoms with van der Waals surface area (Å²) in [4.78, 5) is 4.65. The maximum atomic E-state index is 3.95. The number of hydrogen-bond donors (Lipinski definition) is 1. The quantitative estimate of drug-likeness (QED) is 0.322. The summed E-state index contributed by atoms with van der Waals surface area (Å²) in [5, 5.41) is 5.19. The first-order valence-electron chi connectivity index (χ1n) is 13.2. The van der Waals surface area contributed by atoms with Crippen molar-refractivity contribution < 1.29 is 17.0 Å². The van der Waals surface area contributed by atoms with E-state index in [0.717, 1.165) is 25.2 Å². The van der Waals surface area contributed by atoms with E-state index in [1.54, 1.807) is 0 Å². The number of benzene rings is 3. The number of anilines is 2. The summed E-state index contributed by atoms with van der Waals surface area (Å²) < 4.78 is 3.61. The van der Waals surface area contributed by atoms with Gasteiger partial charge >= 0.3 is 0 Å². The molecule has 5 rings (SSSR count). The van der Waals surface area contributed by atoms with Crippen molar-refractivity contribution in [3.63, 3.8) is 0 Å². The average molecular weight is 545 g/mol. The van der Waals surface area contributed by atoms with E-state index in [0.29, 0.717) is 6.04 Å². The first-order valence-corrected chi connectivity index (χ1v) is 14.0. The Labute approximate surface area is 237 Å². The molecular weight excluding hydrogens is 508 g/mol. The van der Waals surface area contributed by atoms with E-state index in [9.17, 15) is 0 Å². The van der Waals surface area contributed by atoms with Gasteiger partial charge in [-0.25, -0.2) is 0 Å². The van der Waals surface area contributed by atoms with Gasteiger partial charge < -0.3 is 22.6 Å². The van der Waals surface area contributed by atoms with E-state index >= 15 is 0 Å². The van der Waals surface area contributed by atoms with Crippen LogP contribution in [0.25, 0.3) is 21.9 Å². The fourth-order valence-corrected chi connectivity index (χ4v) is 6.14. The molecule has 2 heterocycles. The van der Waals surface area contributed by atoms with Crippen LogP contribution in [0.4, 0.5) is 11.4 Å². The van der Waals surface area contributed by atoms with Gasteiger partial charge in [0.2, 0.25) is 5.52 Å². The van der Waals surface area contributed by atoms with Crippen molar-refractivity contribution >= 4 is 44.6 Å². The molecule has 6 heteroatoms. The predicted octanol–water partition coefficient (Wildman–Crippen LogP) is 3.97. The van der Waals surface area contributed by atoms with Crippen LogP contribution in [0.15, 0.2) is 90.8 Å². The number of allylic oxidation sites excluding steroid dienone is 2. The summed E-state index contributed by atoms with van der Waals surface area (Å²) in [5.74, 6) is 1.14. The van der Waals surface area contributed by atoms with Crippen LogP contribution in [0.1, 0.15) is 36.8 Å². The van der Waals surface area contributed by atoms with Crippen molar-refractivity contribution in [3.05, 3.63) is 101 Å². The lowest BCUT2D eigenvalue weighted by molar-refractivity contribution is -0.642. The van der Waals surface area contributed by atoms with Crippen molar-refractivity contribution in [3.8, 4) is 0 Å². The lowest BCUT2D eigenvalue weighted by atomic mass is 9.97. The summed E-state index contributed by atoms with van der Waals surface area (Å²) in [6.07, 6.45) is 8.09. The standard InChI is InChI=1S/C32H36N4S.ClH/c1-5-25(14-13-21-34(2)3)33-31-22-24(23-32-35(4)29-19-11-12-20-30(29)37-32)27-17-9-10-18-28(27)36(31)26-15-7-6-8-16-26;/h6-12,15-20,22-23,25H,5,13-14,21H2,1-4H3;1H. The Bertz CT molecular complexity index is 1420. The lowest BCUT2D eigenvalue weighted by Crippen LogP contribution is -3.00. The topological polar surface area (TPSA) is 22.4 Å². The maximum absolute atomic E-state index is 3.95. The zero-order valence-corrected chi connectivity index (χ0v) is 24.3. The highest BCUT2D eigenvalue weighted by Gasteiger charge is 2.26. The molecule has 4 aromatic rings. The zero-order chi connectivity index (χ0) is 25.8. The molecule has 3 aromatic carbocycles. The number of aryl methyl sites for hydroxylation is 1. The summed E-state index contributed by atoms with van der Waals surface area (Å²) in [6.45, 7) is 3.39. The normalized spacial score (nSPS) is 14.8. The van der Waals surface area contributed by atoms with Gasteiger partial charge in [0.05, 0.1) is 5.69 Å². The number of rotatable bonds is 9. The molecule has 4 nitrogen and oxygen atoms in total. The second-order valence-corrected chi connectivity index (χ2v) is 11.0. The number of nitrogens with one attached hydrogen (secondary N) is 1. The molecule has 1 aromatic heterocycles. The Morgan fingerprint density at radius 3 is 2.42 bits per heavy atom. The van der Waals surface area contributed by atoms with Crippen LogP contribution in [-0.2, 0) is 7.05 Å². The number of nitrogens with zero attached hydrogens (tertiary/aromatic N) is 3. The van der Waals surface area contributed by atoms with E-state index in [1.807, 2.05) is 11.3 Å². The van der Waals surface area contributed by atoms with E-state index in [1.165, 1.54) is 44.2 Å². The molecule has 0 aliphatic carbocycles. The highest BCUT2D eigenvalue weighted by Crippen LogP contribution is 2.41. The van der Waals surface area contributed by atoms with Crippen molar-refractivity contribution in [2.75, 3.05) is 25.5 Å². The smallest absolute Gasteiger partial charge is 0.263 e. The number of fused-ring (bicyclic) bond motifs is 2. The van der Waals surface area contributed by atoms with E-state index < -0.39 is 0 Å². The van der Waals surface area contributed by atoms with E-state index in [-0.39, 0.29) is 12.4 Å². The van der Waals surface area contributed by atoms with Gasteiger partial charge in [-0.05, 0) is 75.8 Å². The fraction of sp³-hybridized carbons (Fsp3) is 0.281. The highest BCUT2D eigenvalue weighted by molar-refractivity contribution is 7.18. The first-order chi connectivity index (χ1) is 18.0. The van der Waals surface area contributed by atoms with Crippen LogP contribution < -0.4 is 27.2 Å². The minimum atomic E-state index is 0. The Morgan fingerprint density at radius 1 is 0.974 bits per heavy atom. The van der Waals surface area contributed by atoms with Crippen LogP contribution >= 0.6 is 11.3 Å². The minimum Gasteiger partial charge on any atom is -1.00 e. The SMILES string of the molecule is CCC(CCCN(C)C)NC1=C/C(=C/c2sc3ccccc3[n+]2C)c2ccccc2N1c1ccccc1.[Cl-]. The van der Waals surface area contributed by atoms with Crippen molar-refractivity contribution in [2.45, 2.75) is 32.2 Å². The van der Waals surface area contributed by atoms with Crippen LogP contribution in [0.2, 0.25) is 0 Å². The summed E-state index contributed by atoms with van der Waals surface area (Å²) in [5.41, 5.74) is 6.12. The number of hydrogen-bond acceptors (Lipinski definition) is 4. The van der Waals surface area contributed by atoms with Crippen LogP contribution in [0.5, 0.6) is 0 Å². The number of halogens is 1. The fourth-order valence-electron chi connectivity index (χ4n) is 5.03. The molecule has 1 unspecified atom stereocenters. The predicted molar refractivity (Wildman–Crippen MR) is 159 cm³/mol. The van der Waals surface area contributed by atoms with Gasteiger partial charge in [0.25, 0.3) is 5.01 Å². The maximum Gasteiger partial charge on any atom is 0.263 e. The van der Waals surface area contributed by atoms with Crippen molar-refractivity contribution in [2.24, 2.45) is 7.05 Å². The third-order valence-corrected chi connectivity index (χ3v) is 8.22. The van der Waals surface area contributed by atoms with Crippen LogP contribution in [-0.4, -0.2) is 31.6 Å². The highest BCUT2D eigenvalue weighted by atomic mass is 35.5. The largest absolute Gasteiger partial charge is 1.00 e. The monoisotopic (exact) mass is 544 g/mol. The molecular formula is C32H37ClN4S. The van der Waals surface area contributed by atoms with E-state index in [4.69, 9.17) is 0 Å². The summed E-state index contributed by atoms with van der Waals surface area (Å²) in [6, 6.07) is 28.5. The Morgan fingerprint density at radius 2 is 1.68 bits per heavy atom. The van der Waals surface area contributed by atoms with Gasteiger partial charge in [-0.3, -0.25) is 4.90 Å². The van der Waals surface area contributed by atoms with E-state index in [2.05, 4.69) is 139 Å². The molecule has 0 bridgehead atoms. The van der Waals surface area contributed by atoms with Crippen LogP contribution in [0, 0.1) is 0 Å². The van der Waals surface area contributed by atoms with Gasteiger partial charge in [0.15, 0.2) is 0 Å². The number of aromatic nitrogens is 1.